The number of hydrogen-bond acceptors (Lipinski definition) is 6. The van der Waals surface area contributed by atoms with Gasteiger partial charge in [-0.3, -0.25) is 23.8 Å². The number of aromatic nitrogens is 1. The van der Waals surface area contributed by atoms with E-state index in [2.05, 4.69) is 0 Å². The minimum absolute atomic E-state index is 0.177. The van der Waals surface area contributed by atoms with Crippen molar-refractivity contribution in [2.75, 3.05) is 9.96 Å². The number of benzene rings is 3. The lowest BCUT2D eigenvalue weighted by molar-refractivity contribution is -0.126. The summed E-state index contributed by atoms with van der Waals surface area (Å²) in [5.41, 5.74) is 1.64. The maximum atomic E-state index is 13.8. The van der Waals surface area contributed by atoms with E-state index in [-0.39, 0.29) is 10.0 Å². The minimum atomic E-state index is -1.07. The summed E-state index contributed by atoms with van der Waals surface area (Å²) in [7, 11) is 0. The maximum Gasteiger partial charge on any atom is 0.313 e. The Morgan fingerprint density at radius 2 is 1.33 bits per heavy atom. The van der Waals surface area contributed by atoms with E-state index in [4.69, 9.17) is 28.0 Å². The third kappa shape index (κ3) is 3.57. The molecule has 10 heteroatoms. The molecule has 0 N–H and O–H groups in total. The molecule has 3 atom stereocenters. The SMILES string of the molecule is O=C1[C@@H]2[C@H](ON(c3ccccc3)[C@@H]2c2sc(=O)n(-c3ccccc3)c2Cl)C(=O)N1c1ccc(Cl)cc1. The van der Waals surface area contributed by atoms with Crippen molar-refractivity contribution < 1.29 is 14.4 Å². The van der Waals surface area contributed by atoms with Gasteiger partial charge >= 0.3 is 4.87 Å². The molecule has 7 nitrogen and oxygen atoms in total. The lowest BCUT2D eigenvalue weighted by atomic mass is 9.95. The van der Waals surface area contributed by atoms with Crippen molar-refractivity contribution >= 4 is 57.7 Å². The Bertz CT molecular complexity index is 1520. The van der Waals surface area contributed by atoms with Gasteiger partial charge < -0.3 is 0 Å². The summed E-state index contributed by atoms with van der Waals surface area (Å²) in [5, 5.41) is 2.19. The van der Waals surface area contributed by atoms with Crippen molar-refractivity contribution in [3.8, 4) is 5.69 Å². The van der Waals surface area contributed by atoms with Crippen LogP contribution in [-0.2, 0) is 14.4 Å². The van der Waals surface area contributed by atoms with Crippen molar-refractivity contribution in [1.82, 2.24) is 4.57 Å². The van der Waals surface area contributed by atoms with Crippen LogP contribution >= 0.6 is 34.5 Å². The number of carbonyl (C=O) groups excluding carboxylic acids is 2. The highest BCUT2D eigenvalue weighted by atomic mass is 35.5. The number of fused-ring (bicyclic) bond motifs is 1. The molecule has 0 saturated carbocycles. The third-order valence-corrected chi connectivity index (χ3v) is 8.02. The molecular weight excluding hydrogens is 521 g/mol. The summed E-state index contributed by atoms with van der Waals surface area (Å²) in [6.07, 6.45) is -1.07. The van der Waals surface area contributed by atoms with Crippen LogP contribution in [-0.4, -0.2) is 22.5 Å². The first kappa shape index (κ1) is 23.0. The largest absolute Gasteiger partial charge is 0.313 e. The van der Waals surface area contributed by atoms with E-state index < -0.39 is 29.9 Å². The van der Waals surface area contributed by atoms with Crippen LogP contribution in [0.15, 0.2) is 89.7 Å². The second kappa shape index (κ2) is 8.90. The number of carbonyl (C=O) groups is 2. The zero-order valence-electron chi connectivity index (χ0n) is 18.5. The first-order valence-corrected chi connectivity index (χ1v) is 12.6. The van der Waals surface area contributed by atoms with Gasteiger partial charge in [0, 0.05) is 5.02 Å². The van der Waals surface area contributed by atoms with Gasteiger partial charge in [0.25, 0.3) is 5.91 Å². The van der Waals surface area contributed by atoms with Gasteiger partial charge in [-0.05, 0) is 48.5 Å². The topological polar surface area (TPSA) is 71.8 Å². The van der Waals surface area contributed by atoms with Gasteiger partial charge in [0.15, 0.2) is 6.10 Å². The van der Waals surface area contributed by atoms with Crippen LogP contribution in [0.25, 0.3) is 5.69 Å². The molecule has 0 radical (unpaired) electrons. The number of thiazole rings is 1. The smallest absolute Gasteiger partial charge is 0.273 e. The molecule has 0 spiro atoms. The van der Waals surface area contributed by atoms with Crippen LogP contribution < -0.4 is 14.8 Å². The lowest BCUT2D eigenvalue weighted by Gasteiger charge is -2.28. The van der Waals surface area contributed by atoms with Gasteiger partial charge in [-0.15, -0.1) is 0 Å². The highest BCUT2D eigenvalue weighted by molar-refractivity contribution is 7.10. The molecule has 0 unspecified atom stereocenters. The molecule has 0 aliphatic carbocycles. The second-order valence-corrected chi connectivity index (χ2v) is 10.1. The quantitative estimate of drug-likeness (QED) is 0.332. The molecule has 2 fully saturated rings. The Morgan fingerprint density at radius 1 is 0.722 bits per heavy atom. The van der Waals surface area contributed by atoms with E-state index in [1.54, 1.807) is 36.4 Å². The zero-order chi connectivity index (χ0) is 25.0. The van der Waals surface area contributed by atoms with Crippen LogP contribution in [0.5, 0.6) is 0 Å². The van der Waals surface area contributed by atoms with Crippen molar-refractivity contribution in [1.29, 1.82) is 0 Å². The van der Waals surface area contributed by atoms with E-state index in [9.17, 15) is 14.4 Å². The average molecular weight is 538 g/mol. The maximum absolute atomic E-state index is 13.8. The fraction of sp³-hybridized carbons (Fsp3) is 0.115. The van der Waals surface area contributed by atoms with Gasteiger partial charge in [-0.2, -0.15) is 0 Å². The Morgan fingerprint density at radius 3 is 1.97 bits per heavy atom. The molecule has 4 aromatic rings. The normalized spacial score (nSPS) is 21.3. The molecule has 2 aliphatic heterocycles. The second-order valence-electron chi connectivity index (χ2n) is 8.34. The van der Waals surface area contributed by atoms with Gasteiger partial charge in [0.05, 0.1) is 21.9 Å². The molecule has 2 saturated heterocycles. The lowest BCUT2D eigenvalue weighted by Crippen LogP contribution is -2.37. The fourth-order valence-corrected chi connectivity index (χ4v) is 6.27. The summed E-state index contributed by atoms with van der Waals surface area (Å²) in [5.74, 6) is -1.83. The van der Waals surface area contributed by atoms with Crippen molar-refractivity contribution in [3.63, 3.8) is 0 Å². The van der Waals surface area contributed by atoms with E-state index in [0.29, 0.717) is 27.0 Å². The molecule has 36 heavy (non-hydrogen) atoms. The summed E-state index contributed by atoms with van der Waals surface area (Å²) in [4.78, 5) is 47.7. The Labute approximate surface area is 219 Å². The first-order valence-electron chi connectivity index (χ1n) is 11.1. The number of rotatable bonds is 4. The molecule has 6 rings (SSSR count). The Balaban J connectivity index is 1.48. The first-order chi connectivity index (χ1) is 17.5. The fourth-order valence-electron chi connectivity index (χ4n) is 4.67. The van der Waals surface area contributed by atoms with Gasteiger partial charge in [-0.1, -0.05) is 70.9 Å². The number of hydrogen-bond donors (Lipinski definition) is 0. The summed E-state index contributed by atoms with van der Waals surface area (Å²) >= 11 is 13.7. The molecule has 180 valence electrons. The molecule has 0 bridgehead atoms. The van der Waals surface area contributed by atoms with Crippen LogP contribution in [0, 0.1) is 5.92 Å². The van der Waals surface area contributed by atoms with Crippen molar-refractivity contribution in [2.45, 2.75) is 12.1 Å². The minimum Gasteiger partial charge on any atom is -0.273 e. The molecular formula is C26H17Cl2N3O4S. The number of halogens is 2. The predicted molar refractivity (Wildman–Crippen MR) is 139 cm³/mol. The van der Waals surface area contributed by atoms with Crippen LogP contribution in [0.3, 0.4) is 0 Å². The molecule has 3 aromatic carbocycles. The standard InChI is InChI=1S/C26H17Cl2N3O4S/c27-15-11-13-17(14-12-15)30-24(32)19-20(31(35-21(19)25(30)33)18-9-5-2-6-10-18)22-23(28)29(26(34)36-22)16-7-3-1-4-8-16/h1-14,19-21H/t19-,20-,21-/m0/s1. The number of nitrogens with zero attached hydrogens (tertiary/aromatic N) is 3. The molecule has 2 amide bonds. The summed E-state index contributed by atoms with van der Waals surface area (Å²) < 4.78 is 1.40. The number of anilines is 2. The number of para-hydroxylation sites is 2. The van der Waals surface area contributed by atoms with E-state index >= 15 is 0 Å². The van der Waals surface area contributed by atoms with Gasteiger partial charge in [0.1, 0.15) is 17.1 Å². The van der Waals surface area contributed by atoms with Crippen LogP contribution in [0.2, 0.25) is 10.2 Å². The van der Waals surface area contributed by atoms with Gasteiger partial charge in [-0.25, -0.2) is 9.96 Å². The summed E-state index contributed by atoms with van der Waals surface area (Å²) in [6.45, 7) is 0. The van der Waals surface area contributed by atoms with E-state index in [1.807, 2.05) is 48.5 Å². The molecule has 3 heterocycles. The van der Waals surface area contributed by atoms with Crippen LogP contribution in [0.4, 0.5) is 11.4 Å². The third-order valence-electron chi connectivity index (χ3n) is 6.27. The Kier molecular flexibility index (Phi) is 5.69. The average Bonchev–Trinajstić information content (AvgIpc) is 3.50. The summed E-state index contributed by atoms with van der Waals surface area (Å²) in [6, 6.07) is 23.8. The van der Waals surface area contributed by atoms with Gasteiger partial charge in [0.2, 0.25) is 5.91 Å². The van der Waals surface area contributed by atoms with Crippen LogP contribution in [0.1, 0.15) is 10.9 Å². The van der Waals surface area contributed by atoms with E-state index in [1.165, 1.54) is 9.63 Å². The predicted octanol–water partition coefficient (Wildman–Crippen LogP) is 5.26. The number of imide groups is 1. The van der Waals surface area contributed by atoms with Crippen molar-refractivity contribution in [3.05, 3.63) is 110 Å². The zero-order valence-corrected chi connectivity index (χ0v) is 20.8. The number of hydroxylamine groups is 1. The number of amides is 2. The highest BCUT2D eigenvalue weighted by Gasteiger charge is 2.61. The van der Waals surface area contributed by atoms with Crippen molar-refractivity contribution in [2.24, 2.45) is 5.92 Å². The molecule has 1 aromatic heterocycles. The highest BCUT2D eigenvalue weighted by Crippen LogP contribution is 2.50. The monoisotopic (exact) mass is 537 g/mol. The van der Waals surface area contributed by atoms with E-state index in [0.717, 1.165) is 16.2 Å². The Hall–Kier alpha value is -3.43. The molecule has 2 aliphatic rings.